The molecule has 0 saturated heterocycles. The van der Waals surface area contributed by atoms with Gasteiger partial charge in [0.1, 0.15) is 0 Å². The summed E-state index contributed by atoms with van der Waals surface area (Å²) in [6.45, 7) is 0. The molecule has 3 heteroatoms. The van der Waals surface area contributed by atoms with E-state index in [2.05, 4.69) is 27.4 Å². The van der Waals surface area contributed by atoms with Crippen molar-refractivity contribution >= 4 is 18.1 Å². The number of anilines is 1. The molecular weight excluding hydrogens is 198 g/mol. The summed E-state index contributed by atoms with van der Waals surface area (Å²) in [5, 5.41) is 2.91. The van der Waals surface area contributed by atoms with E-state index in [4.69, 9.17) is 0 Å². The van der Waals surface area contributed by atoms with Crippen LogP contribution in [0.1, 0.15) is 11.3 Å². The summed E-state index contributed by atoms with van der Waals surface area (Å²) in [6.07, 6.45) is 5.74. The molecule has 0 aliphatic rings. The molecule has 16 heavy (non-hydrogen) atoms. The smallest absolute Gasteiger partial charge is 0.222 e. The van der Waals surface area contributed by atoms with Crippen LogP contribution >= 0.6 is 0 Å². The van der Waals surface area contributed by atoms with Gasteiger partial charge in [-0.05, 0) is 17.7 Å². The second kappa shape index (κ2) is 5.07. The Morgan fingerprint density at radius 2 is 1.88 bits per heavy atom. The molecule has 2 aromatic rings. The third kappa shape index (κ3) is 2.67. The molecule has 0 spiro atoms. The molecule has 1 N–H and O–H groups in total. The fourth-order valence-corrected chi connectivity index (χ4v) is 1.33. The maximum Gasteiger partial charge on any atom is 0.222 e. The van der Waals surface area contributed by atoms with Gasteiger partial charge in [-0.15, -0.1) is 0 Å². The average molecular weight is 211 g/mol. The van der Waals surface area contributed by atoms with Gasteiger partial charge < -0.3 is 5.32 Å². The third-order valence-corrected chi connectivity index (χ3v) is 2.15. The van der Waals surface area contributed by atoms with E-state index in [0.717, 1.165) is 11.3 Å². The molecule has 0 unspecified atom stereocenters. The topological polar surface area (TPSA) is 37.8 Å². The minimum absolute atomic E-state index is 0.634. The molecule has 0 fully saturated rings. The number of aromatic nitrogens is 2. The van der Waals surface area contributed by atoms with Gasteiger partial charge in [0.05, 0.1) is 5.69 Å². The van der Waals surface area contributed by atoms with Gasteiger partial charge in [0.25, 0.3) is 0 Å². The zero-order chi connectivity index (χ0) is 11.2. The van der Waals surface area contributed by atoms with Crippen molar-refractivity contribution in [2.75, 3.05) is 12.4 Å². The molecule has 0 amide bonds. The molecule has 0 aliphatic heterocycles. The van der Waals surface area contributed by atoms with Crippen LogP contribution in [0.25, 0.3) is 12.2 Å². The Morgan fingerprint density at radius 3 is 2.62 bits per heavy atom. The lowest BCUT2D eigenvalue weighted by Gasteiger charge is -1.98. The van der Waals surface area contributed by atoms with Crippen molar-refractivity contribution in [3.8, 4) is 0 Å². The lowest BCUT2D eigenvalue weighted by molar-refractivity contribution is 1.14. The van der Waals surface area contributed by atoms with E-state index in [1.54, 1.807) is 13.2 Å². The van der Waals surface area contributed by atoms with Gasteiger partial charge in [0.2, 0.25) is 5.95 Å². The second-order valence-corrected chi connectivity index (χ2v) is 3.30. The fourth-order valence-electron chi connectivity index (χ4n) is 1.33. The highest BCUT2D eigenvalue weighted by Crippen LogP contribution is 2.06. The molecule has 1 aromatic carbocycles. The van der Waals surface area contributed by atoms with E-state index in [9.17, 15) is 0 Å². The van der Waals surface area contributed by atoms with Crippen molar-refractivity contribution in [3.63, 3.8) is 0 Å². The number of hydrogen-bond acceptors (Lipinski definition) is 3. The predicted molar refractivity (Wildman–Crippen MR) is 66.9 cm³/mol. The van der Waals surface area contributed by atoms with Crippen molar-refractivity contribution < 1.29 is 0 Å². The first-order valence-corrected chi connectivity index (χ1v) is 5.12. The molecule has 1 heterocycles. The molecule has 80 valence electrons. The van der Waals surface area contributed by atoms with Gasteiger partial charge in [-0.3, -0.25) is 0 Å². The quantitative estimate of drug-likeness (QED) is 0.848. The summed E-state index contributed by atoms with van der Waals surface area (Å²) in [7, 11) is 1.81. The molecular formula is C13H13N3. The summed E-state index contributed by atoms with van der Waals surface area (Å²) in [4.78, 5) is 8.35. The summed E-state index contributed by atoms with van der Waals surface area (Å²) in [5.74, 6) is 0.634. The Balaban J connectivity index is 2.17. The van der Waals surface area contributed by atoms with Gasteiger partial charge in [-0.2, -0.15) is 0 Å². The monoisotopic (exact) mass is 211 g/mol. The second-order valence-electron chi connectivity index (χ2n) is 3.30. The molecule has 0 aliphatic carbocycles. The normalized spacial score (nSPS) is 10.6. The van der Waals surface area contributed by atoms with Crippen molar-refractivity contribution in [3.05, 3.63) is 53.9 Å². The van der Waals surface area contributed by atoms with E-state index in [1.807, 2.05) is 36.4 Å². The Hall–Kier alpha value is -2.16. The minimum atomic E-state index is 0.634. The van der Waals surface area contributed by atoms with Crippen molar-refractivity contribution in [2.24, 2.45) is 0 Å². The molecule has 0 saturated carbocycles. The molecule has 2 rings (SSSR count). The maximum atomic E-state index is 4.30. The minimum Gasteiger partial charge on any atom is -0.357 e. The highest BCUT2D eigenvalue weighted by atomic mass is 15.1. The van der Waals surface area contributed by atoms with Crippen molar-refractivity contribution in [1.82, 2.24) is 9.97 Å². The van der Waals surface area contributed by atoms with Gasteiger partial charge in [0.15, 0.2) is 0 Å². The van der Waals surface area contributed by atoms with Crippen LogP contribution in [0.4, 0.5) is 5.95 Å². The maximum absolute atomic E-state index is 4.30. The summed E-state index contributed by atoms with van der Waals surface area (Å²) in [5.41, 5.74) is 2.05. The van der Waals surface area contributed by atoms with Crippen LogP contribution in [0, 0.1) is 0 Å². The van der Waals surface area contributed by atoms with Crippen molar-refractivity contribution in [2.45, 2.75) is 0 Å². The standard InChI is InChI=1S/C13H13N3/c1-14-13-15-10-9-12(16-13)8-7-11-5-3-2-4-6-11/h2-10H,1H3,(H,14,15,16)/b8-7+. The number of rotatable bonds is 3. The first-order valence-electron chi connectivity index (χ1n) is 5.12. The Labute approximate surface area is 94.9 Å². The summed E-state index contributed by atoms with van der Waals surface area (Å²) >= 11 is 0. The first kappa shape index (κ1) is 10.4. The fraction of sp³-hybridized carbons (Fsp3) is 0.0769. The van der Waals surface area contributed by atoms with Crippen molar-refractivity contribution in [1.29, 1.82) is 0 Å². The van der Waals surface area contributed by atoms with Crippen LogP contribution < -0.4 is 5.32 Å². The lowest BCUT2D eigenvalue weighted by atomic mass is 10.2. The molecule has 0 radical (unpaired) electrons. The lowest BCUT2D eigenvalue weighted by Crippen LogP contribution is -1.96. The van der Waals surface area contributed by atoms with Crippen LogP contribution in [-0.2, 0) is 0 Å². The zero-order valence-corrected chi connectivity index (χ0v) is 9.09. The van der Waals surface area contributed by atoms with Gasteiger partial charge in [-0.25, -0.2) is 9.97 Å². The first-order chi connectivity index (χ1) is 7.88. The van der Waals surface area contributed by atoms with E-state index in [0.29, 0.717) is 5.95 Å². The molecule has 3 nitrogen and oxygen atoms in total. The SMILES string of the molecule is CNc1nccc(/C=C/c2ccccc2)n1. The summed E-state index contributed by atoms with van der Waals surface area (Å²) in [6, 6.07) is 12.0. The Kier molecular flexibility index (Phi) is 3.28. The van der Waals surface area contributed by atoms with Gasteiger partial charge in [-0.1, -0.05) is 36.4 Å². The molecule has 1 aromatic heterocycles. The van der Waals surface area contributed by atoms with E-state index in [1.165, 1.54) is 0 Å². The average Bonchev–Trinajstić information content (AvgIpc) is 2.38. The van der Waals surface area contributed by atoms with Crippen LogP contribution in [0.15, 0.2) is 42.6 Å². The predicted octanol–water partition coefficient (Wildman–Crippen LogP) is 2.69. The Morgan fingerprint density at radius 1 is 1.06 bits per heavy atom. The number of hydrogen-bond donors (Lipinski definition) is 1. The molecule has 0 bridgehead atoms. The largest absolute Gasteiger partial charge is 0.357 e. The van der Waals surface area contributed by atoms with Gasteiger partial charge >= 0.3 is 0 Å². The van der Waals surface area contributed by atoms with Crippen LogP contribution in [0.5, 0.6) is 0 Å². The highest BCUT2D eigenvalue weighted by Gasteiger charge is 1.92. The van der Waals surface area contributed by atoms with E-state index >= 15 is 0 Å². The molecule has 0 atom stereocenters. The number of nitrogens with zero attached hydrogens (tertiary/aromatic N) is 2. The van der Waals surface area contributed by atoms with Crippen LogP contribution in [-0.4, -0.2) is 17.0 Å². The third-order valence-electron chi connectivity index (χ3n) is 2.15. The number of nitrogens with one attached hydrogen (secondary N) is 1. The highest BCUT2D eigenvalue weighted by molar-refractivity contribution is 5.68. The summed E-state index contributed by atoms with van der Waals surface area (Å²) < 4.78 is 0. The zero-order valence-electron chi connectivity index (χ0n) is 9.09. The van der Waals surface area contributed by atoms with E-state index in [-0.39, 0.29) is 0 Å². The van der Waals surface area contributed by atoms with Crippen LogP contribution in [0.2, 0.25) is 0 Å². The van der Waals surface area contributed by atoms with Crippen LogP contribution in [0.3, 0.4) is 0 Å². The number of benzene rings is 1. The Bertz CT molecular complexity index is 478. The van der Waals surface area contributed by atoms with E-state index < -0.39 is 0 Å². The van der Waals surface area contributed by atoms with Gasteiger partial charge in [0, 0.05) is 13.2 Å².